The molecule has 0 heterocycles. The van der Waals surface area contributed by atoms with Crippen molar-refractivity contribution >= 4 is 23.2 Å². The van der Waals surface area contributed by atoms with Gasteiger partial charge >= 0.3 is 0 Å². The van der Waals surface area contributed by atoms with Crippen LogP contribution in [0.2, 0.25) is 5.02 Å². The zero-order chi connectivity index (χ0) is 14.7. The van der Waals surface area contributed by atoms with Gasteiger partial charge in [-0.15, -0.1) is 0 Å². The molecule has 2 rings (SSSR count). The van der Waals surface area contributed by atoms with E-state index >= 15 is 0 Å². The summed E-state index contributed by atoms with van der Waals surface area (Å²) >= 11 is 5.96. The van der Waals surface area contributed by atoms with Crippen LogP contribution in [-0.4, -0.2) is 13.0 Å². The molecule has 3 nitrogen and oxygen atoms in total. The Bertz CT molecular complexity index is 704. The average Bonchev–Trinajstić information content (AvgIpc) is 2.48. The Labute approximate surface area is 123 Å². The van der Waals surface area contributed by atoms with Gasteiger partial charge in [-0.3, -0.25) is 4.79 Å². The number of halogens is 1. The van der Waals surface area contributed by atoms with E-state index in [2.05, 4.69) is 6.07 Å². The van der Waals surface area contributed by atoms with Crippen LogP contribution in [0.4, 0.5) is 5.69 Å². The normalized spacial score (nSPS) is 9.90. The van der Waals surface area contributed by atoms with Crippen molar-refractivity contribution in [3.63, 3.8) is 0 Å². The summed E-state index contributed by atoms with van der Waals surface area (Å²) in [4.78, 5) is 13.9. The summed E-state index contributed by atoms with van der Waals surface area (Å²) in [5.74, 6) is -0.174. The lowest BCUT2D eigenvalue weighted by Gasteiger charge is -2.19. The smallest absolute Gasteiger partial charge is 0.258 e. The number of carbonyl (C=O) groups is 1. The first-order chi connectivity index (χ1) is 9.54. The molecule has 1 amide bonds. The monoisotopic (exact) mass is 284 g/mol. The predicted octanol–water partition coefficient (Wildman–Crippen LogP) is 3.80. The van der Waals surface area contributed by atoms with Gasteiger partial charge in [-0.2, -0.15) is 5.26 Å². The Balaban J connectivity index is 2.38. The molecular formula is C16H13ClN2O. The molecule has 0 unspecified atom stereocenters. The van der Waals surface area contributed by atoms with Crippen molar-refractivity contribution in [1.29, 1.82) is 5.26 Å². The van der Waals surface area contributed by atoms with Crippen molar-refractivity contribution in [2.45, 2.75) is 6.92 Å². The first-order valence-electron chi connectivity index (χ1n) is 6.08. The number of nitrogens with zero attached hydrogens (tertiary/aromatic N) is 2. The van der Waals surface area contributed by atoms with Crippen LogP contribution >= 0.6 is 11.6 Å². The quantitative estimate of drug-likeness (QED) is 0.842. The fraction of sp³-hybridized carbons (Fsp3) is 0.125. The molecule has 0 aromatic heterocycles. The Morgan fingerprint density at radius 2 is 1.95 bits per heavy atom. The summed E-state index contributed by atoms with van der Waals surface area (Å²) in [6, 6.07) is 14.2. The first-order valence-corrected chi connectivity index (χ1v) is 6.45. The molecule has 0 aliphatic heterocycles. The van der Waals surface area contributed by atoms with Crippen molar-refractivity contribution in [1.82, 2.24) is 0 Å². The molecule has 2 aromatic rings. The van der Waals surface area contributed by atoms with Crippen LogP contribution in [0.1, 0.15) is 21.5 Å². The van der Waals surface area contributed by atoms with E-state index in [1.165, 1.54) is 4.90 Å². The maximum atomic E-state index is 12.5. The van der Waals surface area contributed by atoms with Gasteiger partial charge in [0.1, 0.15) is 6.07 Å². The van der Waals surface area contributed by atoms with Crippen LogP contribution < -0.4 is 4.90 Å². The standard InChI is InChI=1S/C16H13ClN2O/c1-11-9-12(7-8-14(11)17)16(20)19(2)15-6-4-3-5-13(15)10-18/h3-9H,1-2H3. The SMILES string of the molecule is Cc1cc(C(=O)N(C)c2ccccc2C#N)ccc1Cl. The molecule has 0 saturated heterocycles. The van der Waals surface area contributed by atoms with Gasteiger partial charge in [-0.1, -0.05) is 23.7 Å². The average molecular weight is 285 g/mol. The zero-order valence-corrected chi connectivity index (χ0v) is 12.0. The van der Waals surface area contributed by atoms with Crippen LogP contribution in [0.15, 0.2) is 42.5 Å². The highest BCUT2D eigenvalue weighted by molar-refractivity contribution is 6.31. The van der Waals surface area contributed by atoms with E-state index < -0.39 is 0 Å². The molecule has 0 aliphatic rings. The van der Waals surface area contributed by atoms with E-state index in [4.69, 9.17) is 16.9 Å². The largest absolute Gasteiger partial charge is 0.310 e. The first kappa shape index (κ1) is 14.1. The summed E-state index contributed by atoms with van der Waals surface area (Å²) in [5.41, 5.74) is 2.45. The fourth-order valence-electron chi connectivity index (χ4n) is 1.94. The Morgan fingerprint density at radius 3 is 2.60 bits per heavy atom. The summed E-state index contributed by atoms with van der Waals surface area (Å²) in [7, 11) is 1.66. The highest BCUT2D eigenvalue weighted by Crippen LogP contribution is 2.22. The van der Waals surface area contributed by atoms with E-state index in [-0.39, 0.29) is 5.91 Å². The summed E-state index contributed by atoms with van der Waals surface area (Å²) in [5, 5.41) is 9.72. The number of hydrogen-bond donors (Lipinski definition) is 0. The van der Waals surface area contributed by atoms with Crippen LogP contribution in [0.3, 0.4) is 0 Å². The molecule has 0 aliphatic carbocycles. The second-order valence-electron chi connectivity index (χ2n) is 4.46. The maximum Gasteiger partial charge on any atom is 0.258 e. The molecule has 20 heavy (non-hydrogen) atoms. The molecular weight excluding hydrogens is 272 g/mol. The van der Waals surface area contributed by atoms with Crippen LogP contribution in [-0.2, 0) is 0 Å². The van der Waals surface area contributed by atoms with Crippen molar-refractivity contribution in [3.8, 4) is 6.07 Å². The van der Waals surface area contributed by atoms with Gasteiger partial charge in [0.2, 0.25) is 0 Å². The van der Waals surface area contributed by atoms with Crippen LogP contribution in [0.25, 0.3) is 0 Å². The minimum absolute atomic E-state index is 0.174. The van der Waals surface area contributed by atoms with E-state index in [1.807, 2.05) is 6.92 Å². The van der Waals surface area contributed by atoms with Crippen molar-refractivity contribution < 1.29 is 4.79 Å². The number of nitriles is 1. The maximum absolute atomic E-state index is 12.5. The second-order valence-corrected chi connectivity index (χ2v) is 4.86. The molecule has 0 atom stereocenters. The number of carbonyl (C=O) groups excluding carboxylic acids is 1. The van der Waals surface area contributed by atoms with Crippen molar-refractivity contribution in [2.24, 2.45) is 0 Å². The zero-order valence-electron chi connectivity index (χ0n) is 11.2. The van der Waals surface area contributed by atoms with Crippen LogP contribution in [0.5, 0.6) is 0 Å². The molecule has 0 bridgehead atoms. The number of aryl methyl sites for hydroxylation is 1. The van der Waals surface area contributed by atoms with Gasteiger partial charge < -0.3 is 4.90 Å². The lowest BCUT2D eigenvalue weighted by Crippen LogP contribution is -2.27. The van der Waals surface area contributed by atoms with Gasteiger partial charge in [0.15, 0.2) is 0 Å². The molecule has 2 aromatic carbocycles. The van der Waals surface area contributed by atoms with Gasteiger partial charge in [-0.25, -0.2) is 0 Å². The van der Waals surface area contributed by atoms with Crippen LogP contribution in [0, 0.1) is 18.3 Å². The minimum Gasteiger partial charge on any atom is -0.310 e. The number of rotatable bonds is 2. The summed E-state index contributed by atoms with van der Waals surface area (Å²) in [6.07, 6.45) is 0. The number of para-hydroxylation sites is 1. The molecule has 100 valence electrons. The fourth-order valence-corrected chi connectivity index (χ4v) is 2.06. The predicted molar refractivity (Wildman–Crippen MR) is 80.1 cm³/mol. The van der Waals surface area contributed by atoms with Crippen molar-refractivity contribution in [2.75, 3.05) is 11.9 Å². The van der Waals surface area contributed by atoms with E-state index in [0.29, 0.717) is 21.8 Å². The third kappa shape index (κ3) is 2.66. The third-order valence-electron chi connectivity index (χ3n) is 3.10. The molecule has 0 fully saturated rings. The molecule has 0 saturated carbocycles. The van der Waals surface area contributed by atoms with Gasteiger partial charge in [0.05, 0.1) is 11.3 Å². The van der Waals surface area contributed by atoms with Gasteiger partial charge in [-0.05, 0) is 42.8 Å². The van der Waals surface area contributed by atoms with Gasteiger partial charge in [0, 0.05) is 17.6 Å². The minimum atomic E-state index is -0.174. The van der Waals surface area contributed by atoms with Crippen molar-refractivity contribution in [3.05, 3.63) is 64.2 Å². The van der Waals surface area contributed by atoms with E-state index in [0.717, 1.165) is 5.56 Å². The van der Waals surface area contributed by atoms with Gasteiger partial charge in [0.25, 0.3) is 5.91 Å². The number of benzene rings is 2. The summed E-state index contributed by atoms with van der Waals surface area (Å²) < 4.78 is 0. The second kappa shape index (κ2) is 5.77. The highest BCUT2D eigenvalue weighted by atomic mass is 35.5. The lowest BCUT2D eigenvalue weighted by atomic mass is 10.1. The Morgan fingerprint density at radius 1 is 1.25 bits per heavy atom. The number of anilines is 1. The molecule has 0 N–H and O–H groups in total. The third-order valence-corrected chi connectivity index (χ3v) is 3.52. The van der Waals surface area contributed by atoms with E-state index in [9.17, 15) is 4.79 Å². The number of hydrogen-bond acceptors (Lipinski definition) is 2. The topological polar surface area (TPSA) is 44.1 Å². The molecule has 0 spiro atoms. The number of amides is 1. The Hall–Kier alpha value is -2.31. The lowest BCUT2D eigenvalue weighted by molar-refractivity contribution is 0.0993. The molecule has 0 radical (unpaired) electrons. The Kier molecular flexibility index (Phi) is 4.07. The van der Waals surface area contributed by atoms with E-state index in [1.54, 1.807) is 49.5 Å². The summed E-state index contributed by atoms with van der Waals surface area (Å²) in [6.45, 7) is 1.85. The molecule has 4 heteroatoms. The highest BCUT2D eigenvalue weighted by Gasteiger charge is 2.16.